The Hall–Kier alpha value is -2.14. The number of nitrogens with zero attached hydrogens (tertiary/aromatic N) is 1. The van der Waals surface area contributed by atoms with Gasteiger partial charge in [-0.3, -0.25) is 0 Å². The average molecular weight is 302 g/mol. The van der Waals surface area contributed by atoms with Crippen LogP contribution in [-0.2, 0) is 6.54 Å². The summed E-state index contributed by atoms with van der Waals surface area (Å²) in [4.78, 5) is 3.08. The smallest absolute Gasteiger partial charge is 0.178 e. The predicted octanol–water partition coefficient (Wildman–Crippen LogP) is 4.31. The molecule has 0 aliphatic carbocycles. The number of rotatable bonds is 5. The number of hydrogen-bond donors (Lipinski definition) is 1. The van der Waals surface area contributed by atoms with Crippen molar-refractivity contribution in [2.24, 2.45) is 0 Å². The maximum absolute atomic E-state index is 13.3. The molecule has 0 aliphatic rings. The van der Waals surface area contributed by atoms with Crippen molar-refractivity contribution in [2.45, 2.75) is 13.0 Å². The minimum Gasteiger partial charge on any atom is -0.494 e. The summed E-state index contributed by atoms with van der Waals surface area (Å²) >= 11 is 5.28. The molecule has 0 radical (unpaired) electrons. The molecule has 0 fully saturated rings. The highest BCUT2D eigenvalue weighted by Crippen LogP contribution is 2.16. The second-order valence-corrected chi connectivity index (χ2v) is 5.15. The van der Waals surface area contributed by atoms with E-state index in [-0.39, 0.29) is 5.82 Å². The van der Waals surface area contributed by atoms with Crippen molar-refractivity contribution in [3.63, 3.8) is 0 Å². The highest BCUT2D eigenvalue weighted by Gasteiger charge is 2.05. The van der Waals surface area contributed by atoms with Crippen molar-refractivity contribution in [3.8, 4) is 5.75 Å². The van der Waals surface area contributed by atoms with Gasteiger partial charge in [0, 0.05) is 6.54 Å². The van der Waals surface area contributed by atoms with Crippen LogP contribution in [0.5, 0.6) is 5.75 Å². The molecule has 3 nitrogen and oxygen atoms in total. The molecule has 3 rings (SSSR count). The lowest BCUT2D eigenvalue weighted by molar-refractivity contribution is 0.302. The Morgan fingerprint density at radius 3 is 2.76 bits per heavy atom. The number of ether oxygens (including phenoxy) is 1. The number of aromatic nitrogens is 2. The number of halogens is 1. The van der Waals surface area contributed by atoms with Crippen molar-refractivity contribution >= 4 is 23.3 Å². The molecule has 108 valence electrons. The molecule has 3 aromatic rings. The minimum atomic E-state index is -0.259. The Morgan fingerprint density at radius 2 is 1.95 bits per heavy atom. The van der Waals surface area contributed by atoms with Crippen molar-refractivity contribution in [3.05, 3.63) is 59.1 Å². The van der Waals surface area contributed by atoms with Gasteiger partial charge in [0.05, 0.1) is 17.6 Å². The first-order valence-corrected chi connectivity index (χ1v) is 7.21. The number of hydrogen-bond acceptors (Lipinski definition) is 2. The van der Waals surface area contributed by atoms with Crippen molar-refractivity contribution < 1.29 is 9.13 Å². The third-order valence-corrected chi connectivity index (χ3v) is 3.60. The number of aryl methyl sites for hydroxylation is 1. The molecule has 5 heteroatoms. The first-order chi connectivity index (χ1) is 10.2. The van der Waals surface area contributed by atoms with Crippen LogP contribution in [0, 0.1) is 10.6 Å². The zero-order valence-electron chi connectivity index (χ0n) is 11.4. The Labute approximate surface area is 127 Å². The van der Waals surface area contributed by atoms with E-state index in [1.54, 1.807) is 6.07 Å². The van der Waals surface area contributed by atoms with Crippen LogP contribution in [0.15, 0.2) is 48.5 Å². The largest absolute Gasteiger partial charge is 0.494 e. The standard InChI is InChI=1S/C16H15FN2OS/c17-12-7-8-14-15(11-12)19(16(21)18-14)9-4-10-20-13-5-2-1-3-6-13/h1-3,5-8,11H,4,9-10H2,(H,18,21). The van der Waals surface area contributed by atoms with E-state index < -0.39 is 0 Å². The number of fused-ring (bicyclic) bond motifs is 1. The summed E-state index contributed by atoms with van der Waals surface area (Å²) in [5.74, 6) is 0.594. The molecule has 0 amide bonds. The molecule has 0 aliphatic heterocycles. The molecule has 0 saturated carbocycles. The van der Waals surface area contributed by atoms with E-state index in [0.29, 0.717) is 17.9 Å². The van der Waals surface area contributed by atoms with Crippen LogP contribution in [0.2, 0.25) is 0 Å². The molecule has 0 bridgehead atoms. The van der Waals surface area contributed by atoms with E-state index in [0.717, 1.165) is 23.2 Å². The lowest BCUT2D eigenvalue weighted by atomic mass is 10.3. The summed E-state index contributed by atoms with van der Waals surface area (Å²) < 4.78 is 21.5. The fourth-order valence-electron chi connectivity index (χ4n) is 2.28. The van der Waals surface area contributed by atoms with Gasteiger partial charge in [0.15, 0.2) is 4.77 Å². The van der Waals surface area contributed by atoms with Crippen molar-refractivity contribution in [1.29, 1.82) is 0 Å². The summed E-state index contributed by atoms with van der Waals surface area (Å²) in [7, 11) is 0. The van der Waals surface area contributed by atoms with Crippen LogP contribution in [0.3, 0.4) is 0 Å². The van der Waals surface area contributed by atoms with Gasteiger partial charge in [0.25, 0.3) is 0 Å². The molecule has 1 N–H and O–H groups in total. The van der Waals surface area contributed by atoms with E-state index in [2.05, 4.69) is 4.98 Å². The Balaban J connectivity index is 1.67. The zero-order chi connectivity index (χ0) is 14.7. The van der Waals surface area contributed by atoms with Crippen LogP contribution in [-0.4, -0.2) is 16.2 Å². The SMILES string of the molecule is Fc1ccc2[nH]c(=S)n(CCCOc3ccccc3)c2c1. The predicted molar refractivity (Wildman–Crippen MR) is 83.6 cm³/mol. The number of para-hydroxylation sites is 1. The summed E-state index contributed by atoms with van der Waals surface area (Å²) in [6.45, 7) is 1.28. The molecule has 1 aromatic heterocycles. The Bertz CT molecular complexity index is 795. The quantitative estimate of drug-likeness (QED) is 0.562. The van der Waals surface area contributed by atoms with E-state index in [1.807, 2.05) is 34.9 Å². The maximum atomic E-state index is 13.3. The number of imidazole rings is 1. The summed E-state index contributed by atoms with van der Waals surface area (Å²) in [6, 6.07) is 14.3. The second kappa shape index (κ2) is 6.10. The van der Waals surface area contributed by atoms with Crippen LogP contribution in [0.1, 0.15) is 6.42 Å². The van der Waals surface area contributed by atoms with Crippen LogP contribution < -0.4 is 4.74 Å². The fraction of sp³-hybridized carbons (Fsp3) is 0.188. The molecule has 21 heavy (non-hydrogen) atoms. The Kier molecular flexibility index (Phi) is 4.01. The number of aromatic amines is 1. The molecule has 2 aromatic carbocycles. The molecule has 0 unspecified atom stereocenters. The normalized spacial score (nSPS) is 10.9. The minimum absolute atomic E-state index is 0.259. The van der Waals surface area contributed by atoms with Crippen molar-refractivity contribution in [2.75, 3.05) is 6.61 Å². The van der Waals surface area contributed by atoms with Gasteiger partial charge >= 0.3 is 0 Å². The summed E-state index contributed by atoms with van der Waals surface area (Å²) in [6.07, 6.45) is 0.798. The van der Waals surface area contributed by atoms with Gasteiger partial charge in [-0.15, -0.1) is 0 Å². The lowest BCUT2D eigenvalue weighted by Gasteiger charge is -2.07. The van der Waals surface area contributed by atoms with E-state index >= 15 is 0 Å². The van der Waals surface area contributed by atoms with Crippen molar-refractivity contribution in [1.82, 2.24) is 9.55 Å². The van der Waals surface area contributed by atoms with E-state index in [4.69, 9.17) is 17.0 Å². The molecule has 0 saturated heterocycles. The summed E-state index contributed by atoms with van der Waals surface area (Å²) in [5, 5.41) is 0. The third-order valence-electron chi connectivity index (χ3n) is 3.28. The monoisotopic (exact) mass is 302 g/mol. The first-order valence-electron chi connectivity index (χ1n) is 6.80. The number of H-pyrrole nitrogens is 1. The number of nitrogens with one attached hydrogen (secondary N) is 1. The third kappa shape index (κ3) is 3.13. The van der Waals surface area contributed by atoms with E-state index in [9.17, 15) is 4.39 Å². The molecule has 0 spiro atoms. The van der Waals surface area contributed by atoms with Gasteiger partial charge in [-0.05, 0) is 49.0 Å². The molecular formula is C16H15FN2OS. The van der Waals surface area contributed by atoms with Gasteiger partial charge in [-0.1, -0.05) is 18.2 Å². The van der Waals surface area contributed by atoms with Gasteiger partial charge in [-0.2, -0.15) is 0 Å². The lowest BCUT2D eigenvalue weighted by Crippen LogP contribution is -2.04. The maximum Gasteiger partial charge on any atom is 0.178 e. The number of benzene rings is 2. The van der Waals surface area contributed by atoms with Crippen LogP contribution in [0.25, 0.3) is 11.0 Å². The topological polar surface area (TPSA) is 29.9 Å². The molecular weight excluding hydrogens is 287 g/mol. The van der Waals surface area contributed by atoms with E-state index in [1.165, 1.54) is 12.1 Å². The van der Waals surface area contributed by atoms with Gasteiger partial charge < -0.3 is 14.3 Å². The fourth-order valence-corrected chi connectivity index (χ4v) is 2.58. The highest BCUT2D eigenvalue weighted by molar-refractivity contribution is 7.71. The highest BCUT2D eigenvalue weighted by atomic mass is 32.1. The molecule has 1 heterocycles. The molecule has 0 atom stereocenters. The Morgan fingerprint density at radius 1 is 1.14 bits per heavy atom. The van der Waals surface area contributed by atoms with Gasteiger partial charge in [0.2, 0.25) is 0 Å². The van der Waals surface area contributed by atoms with Gasteiger partial charge in [0.1, 0.15) is 11.6 Å². The second-order valence-electron chi connectivity index (χ2n) is 4.76. The summed E-state index contributed by atoms with van der Waals surface area (Å²) in [5.41, 5.74) is 1.64. The van der Waals surface area contributed by atoms with Crippen LogP contribution >= 0.6 is 12.2 Å². The first kappa shape index (κ1) is 13.8. The van der Waals surface area contributed by atoms with Crippen LogP contribution in [0.4, 0.5) is 4.39 Å². The zero-order valence-corrected chi connectivity index (χ0v) is 12.2. The average Bonchev–Trinajstić information content (AvgIpc) is 2.80. The van der Waals surface area contributed by atoms with Gasteiger partial charge in [-0.25, -0.2) is 4.39 Å².